The zero-order chi connectivity index (χ0) is 23.3. The van der Waals surface area contributed by atoms with Gasteiger partial charge in [0.05, 0.1) is 17.0 Å². The minimum atomic E-state index is -0.350. The Labute approximate surface area is 195 Å². The number of imide groups is 1. The third-order valence-corrected chi connectivity index (χ3v) is 5.97. The summed E-state index contributed by atoms with van der Waals surface area (Å²) in [6.07, 6.45) is 2.27. The van der Waals surface area contributed by atoms with Gasteiger partial charge in [0.2, 0.25) is 0 Å². The van der Waals surface area contributed by atoms with Crippen LogP contribution in [0.25, 0.3) is 6.08 Å². The molecular weight excluding hydrogens is 452 g/mol. The van der Waals surface area contributed by atoms with Crippen LogP contribution in [0.4, 0.5) is 10.5 Å². The van der Waals surface area contributed by atoms with Gasteiger partial charge in [0.15, 0.2) is 18.1 Å². The van der Waals surface area contributed by atoms with E-state index in [0.29, 0.717) is 28.3 Å². The van der Waals surface area contributed by atoms with Crippen molar-refractivity contribution in [3.05, 3.63) is 58.0 Å². The van der Waals surface area contributed by atoms with Gasteiger partial charge in [-0.2, -0.15) is 0 Å². The Kier molecular flexibility index (Phi) is 7.82. The summed E-state index contributed by atoms with van der Waals surface area (Å²) >= 11 is 7.26. The van der Waals surface area contributed by atoms with Crippen molar-refractivity contribution >= 4 is 52.2 Å². The lowest BCUT2D eigenvalue weighted by atomic mass is 10.1. The number of thioether (sulfide) groups is 1. The average molecular weight is 475 g/mol. The Hall–Kier alpha value is -2.97. The molecule has 0 saturated carbocycles. The van der Waals surface area contributed by atoms with E-state index in [2.05, 4.69) is 5.32 Å². The molecule has 7 nitrogen and oxygen atoms in total. The van der Waals surface area contributed by atoms with E-state index in [9.17, 15) is 14.4 Å². The number of benzene rings is 2. The number of ether oxygens (including phenoxy) is 2. The second-order valence-corrected chi connectivity index (χ2v) is 8.45. The highest BCUT2D eigenvalue weighted by Crippen LogP contribution is 2.39. The van der Waals surface area contributed by atoms with E-state index in [0.717, 1.165) is 11.8 Å². The zero-order valence-electron chi connectivity index (χ0n) is 17.9. The highest BCUT2D eigenvalue weighted by atomic mass is 35.5. The first-order chi connectivity index (χ1) is 15.3. The number of para-hydroxylation sites is 1. The monoisotopic (exact) mass is 474 g/mol. The van der Waals surface area contributed by atoms with Crippen molar-refractivity contribution < 1.29 is 23.9 Å². The molecule has 9 heteroatoms. The lowest BCUT2D eigenvalue weighted by molar-refractivity contribution is -0.124. The van der Waals surface area contributed by atoms with Crippen LogP contribution in [0.2, 0.25) is 5.02 Å². The van der Waals surface area contributed by atoms with E-state index in [1.165, 1.54) is 12.0 Å². The molecule has 0 bridgehead atoms. The number of hydrogen-bond acceptors (Lipinski definition) is 6. The normalized spacial score (nSPS) is 15.8. The SMILES string of the molecule is CC[C@H](C)N1C(=O)S/C(=C/c2cc(Cl)c(OCC(=O)Nc3ccccc3)c(OC)c2)C1=O. The number of amides is 3. The molecular formula is C23H23ClN2O5S. The quantitative estimate of drug-likeness (QED) is 0.529. The molecule has 0 radical (unpaired) electrons. The van der Waals surface area contributed by atoms with Crippen LogP contribution in [0.15, 0.2) is 47.4 Å². The van der Waals surface area contributed by atoms with Crippen LogP contribution in [0.1, 0.15) is 25.8 Å². The average Bonchev–Trinajstić information content (AvgIpc) is 3.05. The zero-order valence-corrected chi connectivity index (χ0v) is 19.5. The molecule has 1 fully saturated rings. The van der Waals surface area contributed by atoms with Crippen molar-refractivity contribution in [2.45, 2.75) is 26.3 Å². The summed E-state index contributed by atoms with van der Waals surface area (Å²) in [5, 5.41) is 2.64. The molecule has 1 aliphatic rings. The maximum absolute atomic E-state index is 12.6. The molecule has 1 N–H and O–H groups in total. The molecule has 168 valence electrons. The number of rotatable bonds is 8. The van der Waals surface area contributed by atoms with E-state index in [1.54, 1.807) is 30.3 Å². The lowest BCUT2D eigenvalue weighted by Crippen LogP contribution is -2.36. The summed E-state index contributed by atoms with van der Waals surface area (Å²) < 4.78 is 11.0. The van der Waals surface area contributed by atoms with Crippen LogP contribution in [-0.2, 0) is 9.59 Å². The Morgan fingerprint density at radius 3 is 2.62 bits per heavy atom. The summed E-state index contributed by atoms with van der Waals surface area (Å²) in [7, 11) is 1.45. The molecule has 3 amide bonds. The van der Waals surface area contributed by atoms with Gasteiger partial charge in [-0.05, 0) is 61.0 Å². The predicted molar refractivity (Wildman–Crippen MR) is 126 cm³/mol. The number of carbonyl (C=O) groups is 3. The van der Waals surface area contributed by atoms with Gasteiger partial charge in [-0.25, -0.2) is 0 Å². The fourth-order valence-electron chi connectivity index (χ4n) is 3.01. The van der Waals surface area contributed by atoms with Crippen LogP contribution in [-0.4, -0.2) is 41.7 Å². The minimum absolute atomic E-state index is 0.177. The van der Waals surface area contributed by atoms with Crippen LogP contribution in [0.3, 0.4) is 0 Å². The van der Waals surface area contributed by atoms with Crippen molar-refractivity contribution in [1.82, 2.24) is 4.90 Å². The third-order valence-electron chi connectivity index (χ3n) is 4.81. The van der Waals surface area contributed by atoms with Crippen molar-refractivity contribution in [2.75, 3.05) is 19.0 Å². The van der Waals surface area contributed by atoms with E-state index in [-0.39, 0.29) is 40.5 Å². The Morgan fingerprint density at radius 2 is 1.97 bits per heavy atom. The Balaban J connectivity index is 1.75. The summed E-state index contributed by atoms with van der Waals surface area (Å²) in [5.74, 6) is -0.167. The highest BCUT2D eigenvalue weighted by Gasteiger charge is 2.37. The van der Waals surface area contributed by atoms with E-state index < -0.39 is 0 Å². The molecule has 2 aromatic carbocycles. The minimum Gasteiger partial charge on any atom is -0.493 e. The van der Waals surface area contributed by atoms with Gasteiger partial charge in [-0.15, -0.1) is 0 Å². The van der Waals surface area contributed by atoms with Crippen molar-refractivity contribution in [3.63, 3.8) is 0 Å². The number of nitrogens with one attached hydrogen (secondary N) is 1. The molecule has 1 saturated heterocycles. The van der Waals surface area contributed by atoms with Crippen LogP contribution in [0, 0.1) is 0 Å². The van der Waals surface area contributed by atoms with Gasteiger partial charge < -0.3 is 14.8 Å². The molecule has 0 aromatic heterocycles. The Morgan fingerprint density at radius 1 is 1.25 bits per heavy atom. The number of hydrogen-bond donors (Lipinski definition) is 1. The van der Waals surface area contributed by atoms with Crippen LogP contribution in [0.5, 0.6) is 11.5 Å². The summed E-state index contributed by atoms with van der Waals surface area (Å²) in [6.45, 7) is 3.48. The molecule has 3 rings (SSSR count). The fourth-order valence-corrected chi connectivity index (χ4v) is 4.22. The standard InChI is InChI=1S/C23H23ClN2O5S/c1-4-14(2)26-22(28)19(32-23(26)29)12-15-10-17(24)21(18(11-15)30-3)31-13-20(27)25-16-8-6-5-7-9-16/h5-12,14H,4,13H2,1-3H3,(H,25,27)/b19-12+/t14-/m0/s1. The molecule has 1 heterocycles. The molecule has 1 atom stereocenters. The first-order valence-electron chi connectivity index (χ1n) is 9.96. The van der Waals surface area contributed by atoms with Crippen LogP contribution >= 0.6 is 23.4 Å². The van der Waals surface area contributed by atoms with Crippen LogP contribution < -0.4 is 14.8 Å². The first-order valence-corrected chi connectivity index (χ1v) is 11.2. The maximum Gasteiger partial charge on any atom is 0.293 e. The highest BCUT2D eigenvalue weighted by molar-refractivity contribution is 8.18. The molecule has 2 aromatic rings. The molecule has 1 aliphatic heterocycles. The van der Waals surface area contributed by atoms with E-state index in [4.69, 9.17) is 21.1 Å². The summed E-state index contributed by atoms with van der Waals surface area (Å²) in [6, 6.07) is 12.1. The topological polar surface area (TPSA) is 84.9 Å². The molecule has 0 spiro atoms. The maximum atomic E-state index is 12.6. The van der Waals surface area contributed by atoms with E-state index >= 15 is 0 Å². The number of nitrogens with zero attached hydrogens (tertiary/aromatic N) is 1. The lowest BCUT2D eigenvalue weighted by Gasteiger charge is -2.19. The van der Waals surface area contributed by atoms with E-state index in [1.807, 2.05) is 32.0 Å². The summed E-state index contributed by atoms with van der Waals surface area (Å²) in [4.78, 5) is 38.6. The van der Waals surface area contributed by atoms with Gasteiger partial charge in [0, 0.05) is 11.7 Å². The van der Waals surface area contributed by atoms with Crippen molar-refractivity contribution in [1.29, 1.82) is 0 Å². The number of halogens is 1. The smallest absolute Gasteiger partial charge is 0.293 e. The molecule has 0 aliphatic carbocycles. The second-order valence-electron chi connectivity index (χ2n) is 7.05. The predicted octanol–water partition coefficient (Wildman–Crippen LogP) is 5.20. The first kappa shape index (κ1) is 23.7. The fraction of sp³-hybridized carbons (Fsp3) is 0.261. The van der Waals surface area contributed by atoms with Gasteiger partial charge in [0.25, 0.3) is 17.1 Å². The number of carbonyl (C=O) groups excluding carboxylic acids is 3. The van der Waals surface area contributed by atoms with Crippen molar-refractivity contribution in [2.24, 2.45) is 0 Å². The summed E-state index contributed by atoms with van der Waals surface area (Å²) in [5.41, 5.74) is 1.23. The number of anilines is 1. The molecule has 0 unspecified atom stereocenters. The van der Waals surface area contributed by atoms with Gasteiger partial charge in [-0.3, -0.25) is 19.3 Å². The van der Waals surface area contributed by atoms with Gasteiger partial charge in [0.1, 0.15) is 0 Å². The molecule has 32 heavy (non-hydrogen) atoms. The van der Waals surface area contributed by atoms with Crippen molar-refractivity contribution in [3.8, 4) is 11.5 Å². The van der Waals surface area contributed by atoms with Gasteiger partial charge in [-0.1, -0.05) is 36.7 Å². The Bertz CT molecular complexity index is 1060. The third kappa shape index (κ3) is 5.44. The number of methoxy groups -OCH3 is 1. The van der Waals surface area contributed by atoms with Gasteiger partial charge >= 0.3 is 0 Å². The second kappa shape index (κ2) is 10.6. The largest absolute Gasteiger partial charge is 0.493 e.